The molecule has 0 spiro atoms. The van der Waals surface area contributed by atoms with Gasteiger partial charge in [0.25, 0.3) is 0 Å². The third-order valence-electron chi connectivity index (χ3n) is 2.06. The largest absolute Gasteiger partial charge is 0.369 e. The van der Waals surface area contributed by atoms with Crippen LogP contribution < -0.4 is 16.4 Å². The molecule has 4 N–H and O–H groups in total. The average molecular weight is 226 g/mol. The Kier molecular flexibility index (Phi) is 6.22. The molecule has 92 valence electrons. The number of hydrogen-bond acceptors (Lipinski definition) is 2. The topological polar surface area (TPSA) is 79.5 Å². The van der Waals surface area contributed by atoms with Crippen LogP contribution in [0.2, 0.25) is 0 Å². The van der Waals surface area contributed by atoms with E-state index >= 15 is 0 Å². The van der Waals surface area contributed by atoms with Crippen molar-refractivity contribution in [1.82, 2.24) is 10.6 Å². The minimum atomic E-state index is -0.628. The van der Waals surface area contributed by atoms with E-state index in [0.29, 0.717) is 19.0 Å². The van der Waals surface area contributed by atoms with Crippen molar-refractivity contribution < 1.29 is 4.79 Å². The standard InChI is InChI=1S/C11H22N4O/c1-5-7-14-10(13-6-2)15-8-11(3,4)9(12)16/h5H,1,6-8H2,2-4H3,(H2,12,16)(H2,13,14,15). The molecule has 0 heterocycles. The van der Waals surface area contributed by atoms with Gasteiger partial charge in [-0.05, 0) is 20.8 Å². The first-order chi connectivity index (χ1) is 7.44. The van der Waals surface area contributed by atoms with Gasteiger partial charge in [0.1, 0.15) is 0 Å². The van der Waals surface area contributed by atoms with E-state index in [1.807, 2.05) is 6.92 Å². The van der Waals surface area contributed by atoms with Crippen LogP contribution in [0.15, 0.2) is 17.6 Å². The molecule has 0 fully saturated rings. The lowest BCUT2D eigenvalue weighted by Gasteiger charge is -2.18. The third kappa shape index (κ3) is 5.38. The number of guanidine groups is 1. The summed E-state index contributed by atoms with van der Waals surface area (Å²) in [6.07, 6.45) is 1.74. The van der Waals surface area contributed by atoms with Gasteiger partial charge in [0, 0.05) is 13.1 Å². The molecule has 0 aliphatic rings. The minimum Gasteiger partial charge on any atom is -0.369 e. The molecule has 5 nitrogen and oxygen atoms in total. The molecule has 0 atom stereocenters. The highest BCUT2D eigenvalue weighted by atomic mass is 16.1. The SMILES string of the molecule is C=CCNC(=NCC(C)(C)C(N)=O)NCC. The van der Waals surface area contributed by atoms with Gasteiger partial charge in [0.15, 0.2) is 5.96 Å². The Labute approximate surface area is 97.2 Å². The van der Waals surface area contributed by atoms with E-state index in [1.54, 1.807) is 19.9 Å². The van der Waals surface area contributed by atoms with Crippen molar-refractivity contribution >= 4 is 11.9 Å². The van der Waals surface area contributed by atoms with Crippen molar-refractivity contribution in [2.45, 2.75) is 20.8 Å². The lowest BCUT2D eigenvalue weighted by atomic mass is 9.93. The molecule has 0 saturated heterocycles. The number of hydrogen-bond donors (Lipinski definition) is 3. The Morgan fingerprint density at radius 3 is 2.56 bits per heavy atom. The molecule has 5 heteroatoms. The van der Waals surface area contributed by atoms with Crippen LogP contribution in [-0.4, -0.2) is 31.5 Å². The van der Waals surface area contributed by atoms with Crippen LogP contribution in [0.3, 0.4) is 0 Å². The summed E-state index contributed by atoms with van der Waals surface area (Å²) in [5.74, 6) is 0.313. The quantitative estimate of drug-likeness (QED) is 0.345. The summed E-state index contributed by atoms with van der Waals surface area (Å²) in [5.41, 5.74) is 4.64. The maximum Gasteiger partial charge on any atom is 0.224 e. The van der Waals surface area contributed by atoms with Gasteiger partial charge in [0.2, 0.25) is 5.91 Å². The summed E-state index contributed by atoms with van der Waals surface area (Å²) in [4.78, 5) is 15.4. The van der Waals surface area contributed by atoms with Crippen molar-refractivity contribution in [3.05, 3.63) is 12.7 Å². The molecule has 0 rings (SSSR count). The highest BCUT2D eigenvalue weighted by molar-refractivity contribution is 5.82. The molecule has 16 heavy (non-hydrogen) atoms. The number of carbonyl (C=O) groups excluding carboxylic acids is 1. The second kappa shape index (κ2) is 6.87. The fourth-order valence-electron chi connectivity index (χ4n) is 0.865. The molecule has 0 aliphatic heterocycles. The lowest BCUT2D eigenvalue weighted by molar-refractivity contribution is -0.125. The maximum atomic E-state index is 11.1. The van der Waals surface area contributed by atoms with Gasteiger partial charge >= 0.3 is 0 Å². The van der Waals surface area contributed by atoms with Gasteiger partial charge in [-0.2, -0.15) is 0 Å². The summed E-state index contributed by atoms with van der Waals surface area (Å²) in [6.45, 7) is 10.9. The van der Waals surface area contributed by atoms with Crippen LogP contribution in [0.5, 0.6) is 0 Å². The summed E-state index contributed by atoms with van der Waals surface area (Å²) in [6, 6.07) is 0. The number of nitrogens with zero attached hydrogens (tertiary/aromatic N) is 1. The zero-order valence-electron chi connectivity index (χ0n) is 10.3. The van der Waals surface area contributed by atoms with E-state index in [0.717, 1.165) is 6.54 Å². The van der Waals surface area contributed by atoms with E-state index in [-0.39, 0.29) is 5.91 Å². The van der Waals surface area contributed by atoms with Crippen molar-refractivity contribution in [2.75, 3.05) is 19.6 Å². The number of aliphatic imine (C=N–C) groups is 1. The van der Waals surface area contributed by atoms with E-state index in [2.05, 4.69) is 22.2 Å². The fourth-order valence-corrected chi connectivity index (χ4v) is 0.865. The Balaban J connectivity index is 4.42. The number of nitrogens with one attached hydrogen (secondary N) is 2. The second-order valence-corrected chi connectivity index (χ2v) is 4.11. The fraction of sp³-hybridized carbons (Fsp3) is 0.636. The van der Waals surface area contributed by atoms with E-state index < -0.39 is 5.41 Å². The highest BCUT2D eigenvalue weighted by Crippen LogP contribution is 2.13. The Bertz CT molecular complexity index is 271. The van der Waals surface area contributed by atoms with E-state index in [9.17, 15) is 4.79 Å². The lowest BCUT2D eigenvalue weighted by Crippen LogP contribution is -2.40. The van der Waals surface area contributed by atoms with Crippen LogP contribution in [0.25, 0.3) is 0 Å². The summed E-state index contributed by atoms with van der Waals surface area (Å²) < 4.78 is 0. The maximum absolute atomic E-state index is 11.1. The Morgan fingerprint density at radius 1 is 1.50 bits per heavy atom. The average Bonchev–Trinajstić information content (AvgIpc) is 2.22. The van der Waals surface area contributed by atoms with Crippen LogP contribution in [0.4, 0.5) is 0 Å². The van der Waals surface area contributed by atoms with Gasteiger partial charge in [-0.25, -0.2) is 0 Å². The molecule has 0 radical (unpaired) electrons. The number of amides is 1. The monoisotopic (exact) mass is 226 g/mol. The first-order valence-electron chi connectivity index (χ1n) is 5.37. The summed E-state index contributed by atoms with van der Waals surface area (Å²) in [5, 5.41) is 6.12. The summed E-state index contributed by atoms with van der Waals surface area (Å²) >= 11 is 0. The second-order valence-electron chi connectivity index (χ2n) is 4.11. The molecule has 0 saturated carbocycles. The third-order valence-corrected chi connectivity index (χ3v) is 2.06. The molecular weight excluding hydrogens is 204 g/mol. The number of primary amides is 1. The minimum absolute atomic E-state index is 0.351. The van der Waals surface area contributed by atoms with Crippen molar-refractivity contribution in [3.8, 4) is 0 Å². The van der Waals surface area contributed by atoms with Gasteiger partial charge in [-0.3, -0.25) is 9.79 Å². The van der Waals surface area contributed by atoms with Crippen LogP contribution >= 0.6 is 0 Å². The van der Waals surface area contributed by atoms with Crippen molar-refractivity contribution in [2.24, 2.45) is 16.1 Å². The van der Waals surface area contributed by atoms with Gasteiger partial charge in [-0.15, -0.1) is 6.58 Å². The predicted molar refractivity (Wildman–Crippen MR) is 67.2 cm³/mol. The molecule has 0 aromatic rings. The molecule has 0 bridgehead atoms. The highest BCUT2D eigenvalue weighted by Gasteiger charge is 2.24. The van der Waals surface area contributed by atoms with Crippen molar-refractivity contribution in [3.63, 3.8) is 0 Å². The van der Waals surface area contributed by atoms with E-state index in [1.165, 1.54) is 0 Å². The molecular formula is C11H22N4O. The predicted octanol–water partition coefficient (Wildman–Crippen LogP) is 0.239. The molecule has 1 amide bonds. The normalized spacial score (nSPS) is 12.1. The molecule has 0 aromatic carbocycles. The molecule has 0 unspecified atom stereocenters. The van der Waals surface area contributed by atoms with Crippen LogP contribution in [0.1, 0.15) is 20.8 Å². The first kappa shape index (κ1) is 14.5. The molecule has 0 aliphatic carbocycles. The van der Waals surface area contributed by atoms with Crippen LogP contribution in [0, 0.1) is 5.41 Å². The Hall–Kier alpha value is -1.52. The van der Waals surface area contributed by atoms with Gasteiger partial charge in [0.05, 0.1) is 12.0 Å². The van der Waals surface area contributed by atoms with Gasteiger partial charge in [-0.1, -0.05) is 6.08 Å². The number of nitrogens with two attached hydrogens (primary N) is 1. The zero-order chi connectivity index (χ0) is 12.6. The van der Waals surface area contributed by atoms with E-state index in [4.69, 9.17) is 5.73 Å². The molecule has 0 aromatic heterocycles. The number of rotatable bonds is 6. The van der Waals surface area contributed by atoms with Crippen LogP contribution in [-0.2, 0) is 4.79 Å². The van der Waals surface area contributed by atoms with Crippen molar-refractivity contribution in [1.29, 1.82) is 0 Å². The first-order valence-corrected chi connectivity index (χ1v) is 5.37. The smallest absolute Gasteiger partial charge is 0.224 e. The zero-order valence-corrected chi connectivity index (χ0v) is 10.3. The number of carbonyl (C=O) groups is 1. The van der Waals surface area contributed by atoms with Gasteiger partial charge < -0.3 is 16.4 Å². The Morgan fingerprint density at radius 2 is 2.12 bits per heavy atom. The summed E-state index contributed by atoms with van der Waals surface area (Å²) in [7, 11) is 0.